The van der Waals surface area contributed by atoms with Crippen molar-refractivity contribution >= 4 is 10.8 Å². The van der Waals surface area contributed by atoms with Gasteiger partial charge in [-0.1, -0.05) is 13.0 Å². The number of fused-ring (bicyclic) bond motifs is 1. The van der Waals surface area contributed by atoms with Crippen molar-refractivity contribution in [2.75, 3.05) is 6.54 Å². The largest absolute Gasteiger partial charge is 0.330 e. The van der Waals surface area contributed by atoms with E-state index in [4.69, 9.17) is 5.73 Å². The molecule has 0 saturated carbocycles. The molecule has 2 nitrogen and oxygen atoms in total. The SMILES string of the molecule is CCC(CCN)S(=O)c1ccc2c(c1)CCC2. The van der Waals surface area contributed by atoms with Crippen molar-refractivity contribution in [3.63, 3.8) is 0 Å². The predicted octanol–water partition coefficient (Wildman–Crippen LogP) is 2.41. The molecule has 1 aromatic rings. The van der Waals surface area contributed by atoms with Crippen molar-refractivity contribution < 1.29 is 4.21 Å². The Kier molecular flexibility index (Phi) is 4.35. The molecular formula is C14H21NOS. The second kappa shape index (κ2) is 5.78. The van der Waals surface area contributed by atoms with Crippen molar-refractivity contribution in [2.24, 2.45) is 5.73 Å². The fraction of sp³-hybridized carbons (Fsp3) is 0.571. The van der Waals surface area contributed by atoms with Crippen molar-refractivity contribution in [3.05, 3.63) is 29.3 Å². The molecule has 0 aromatic heterocycles. The Labute approximate surface area is 106 Å². The lowest BCUT2D eigenvalue weighted by Crippen LogP contribution is -2.19. The molecule has 1 aliphatic rings. The van der Waals surface area contributed by atoms with Gasteiger partial charge in [-0.25, -0.2) is 0 Å². The van der Waals surface area contributed by atoms with Gasteiger partial charge in [-0.2, -0.15) is 0 Å². The van der Waals surface area contributed by atoms with Crippen LogP contribution in [0, 0.1) is 0 Å². The maximum absolute atomic E-state index is 12.4. The summed E-state index contributed by atoms with van der Waals surface area (Å²) in [5.41, 5.74) is 8.42. The van der Waals surface area contributed by atoms with Crippen LogP contribution >= 0.6 is 0 Å². The average Bonchev–Trinajstić information content (AvgIpc) is 2.82. The van der Waals surface area contributed by atoms with E-state index in [9.17, 15) is 4.21 Å². The molecular weight excluding hydrogens is 230 g/mol. The van der Waals surface area contributed by atoms with E-state index in [-0.39, 0.29) is 5.25 Å². The van der Waals surface area contributed by atoms with Gasteiger partial charge in [-0.05, 0) is 61.9 Å². The topological polar surface area (TPSA) is 43.1 Å². The van der Waals surface area contributed by atoms with Crippen LogP contribution in [-0.4, -0.2) is 16.0 Å². The molecule has 0 heterocycles. The molecule has 0 spiro atoms. The Morgan fingerprint density at radius 2 is 2.12 bits per heavy atom. The number of rotatable bonds is 5. The van der Waals surface area contributed by atoms with Gasteiger partial charge >= 0.3 is 0 Å². The fourth-order valence-electron chi connectivity index (χ4n) is 2.51. The minimum atomic E-state index is -0.893. The van der Waals surface area contributed by atoms with E-state index >= 15 is 0 Å². The van der Waals surface area contributed by atoms with Crippen LogP contribution in [0.2, 0.25) is 0 Å². The third-order valence-corrected chi connectivity index (χ3v) is 5.44. The second-order valence-electron chi connectivity index (χ2n) is 4.69. The lowest BCUT2D eigenvalue weighted by atomic mass is 10.1. The van der Waals surface area contributed by atoms with Crippen LogP contribution in [0.3, 0.4) is 0 Å². The van der Waals surface area contributed by atoms with Gasteiger partial charge in [0.15, 0.2) is 0 Å². The first-order valence-electron chi connectivity index (χ1n) is 6.48. The van der Waals surface area contributed by atoms with E-state index in [1.807, 2.05) is 6.07 Å². The molecule has 0 fully saturated rings. The summed E-state index contributed by atoms with van der Waals surface area (Å²) in [7, 11) is -0.893. The zero-order valence-electron chi connectivity index (χ0n) is 10.4. The molecule has 2 unspecified atom stereocenters. The van der Waals surface area contributed by atoms with Gasteiger partial charge in [0, 0.05) is 10.1 Å². The number of aryl methyl sites for hydroxylation is 2. The Morgan fingerprint density at radius 3 is 2.82 bits per heavy atom. The molecule has 1 aliphatic carbocycles. The lowest BCUT2D eigenvalue weighted by Gasteiger charge is -2.14. The van der Waals surface area contributed by atoms with Gasteiger partial charge < -0.3 is 5.73 Å². The molecule has 94 valence electrons. The monoisotopic (exact) mass is 251 g/mol. The molecule has 2 rings (SSSR count). The highest BCUT2D eigenvalue weighted by molar-refractivity contribution is 7.85. The molecule has 2 N–H and O–H groups in total. The van der Waals surface area contributed by atoms with E-state index in [0.29, 0.717) is 6.54 Å². The highest BCUT2D eigenvalue weighted by atomic mass is 32.2. The number of benzene rings is 1. The smallest absolute Gasteiger partial charge is 0.0561 e. The molecule has 17 heavy (non-hydrogen) atoms. The standard InChI is InChI=1S/C14H21NOS/c1-2-13(8-9-15)17(16)14-7-6-11-4-3-5-12(11)10-14/h6-7,10,13H,2-5,8-9,15H2,1H3. The van der Waals surface area contributed by atoms with Crippen LogP contribution in [0.5, 0.6) is 0 Å². The van der Waals surface area contributed by atoms with E-state index in [1.54, 1.807) is 0 Å². The van der Waals surface area contributed by atoms with Crippen molar-refractivity contribution in [3.8, 4) is 0 Å². The van der Waals surface area contributed by atoms with Crippen LogP contribution < -0.4 is 5.73 Å². The highest BCUT2D eigenvalue weighted by Crippen LogP contribution is 2.25. The van der Waals surface area contributed by atoms with Crippen molar-refractivity contribution in [2.45, 2.75) is 49.2 Å². The molecule has 2 atom stereocenters. The molecule has 0 radical (unpaired) electrons. The Bertz CT molecular complexity index is 417. The van der Waals surface area contributed by atoms with Crippen LogP contribution in [0.15, 0.2) is 23.1 Å². The van der Waals surface area contributed by atoms with Crippen LogP contribution in [0.1, 0.15) is 37.3 Å². The van der Waals surface area contributed by atoms with Crippen molar-refractivity contribution in [1.29, 1.82) is 0 Å². The molecule has 3 heteroatoms. The summed E-state index contributed by atoms with van der Waals surface area (Å²) in [5.74, 6) is 0. The third-order valence-electron chi connectivity index (χ3n) is 3.55. The zero-order chi connectivity index (χ0) is 12.3. The van der Waals surface area contributed by atoms with Gasteiger partial charge in [0.05, 0.1) is 10.8 Å². The van der Waals surface area contributed by atoms with E-state index in [2.05, 4.69) is 19.1 Å². The maximum Gasteiger partial charge on any atom is 0.0561 e. The van der Waals surface area contributed by atoms with Crippen LogP contribution in [0.25, 0.3) is 0 Å². The summed E-state index contributed by atoms with van der Waals surface area (Å²) < 4.78 is 12.4. The van der Waals surface area contributed by atoms with Gasteiger partial charge in [-0.15, -0.1) is 0 Å². The second-order valence-corrected chi connectivity index (χ2v) is 6.42. The summed E-state index contributed by atoms with van der Waals surface area (Å²) in [4.78, 5) is 0.992. The highest BCUT2D eigenvalue weighted by Gasteiger charge is 2.18. The van der Waals surface area contributed by atoms with Crippen LogP contribution in [-0.2, 0) is 23.6 Å². The van der Waals surface area contributed by atoms with E-state index in [0.717, 1.165) is 24.2 Å². The first-order valence-corrected chi connectivity index (χ1v) is 7.70. The molecule has 0 amide bonds. The zero-order valence-corrected chi connectivity index (χ0v) is 11.3. The van der Waals surface area contributed by atoms with Crippen LogP contribution in [0.4, 0.5) is 0 Å². The first-order chi connectivity index (χ1) is 8.26. The summed E-state index contributed by atoms with van der Waals surface area (Å²) in [6, 6.07) is 6.35. The summed E-state index contributed by atoms with van der Waals surface area (Å²) >= 11 is 0. The minimum absolute atomic E-state index is 0.208. The summed E-state index contributed by atoms with van der Waals surface area (Å²) in [6.45, 7) is 2.71. The third kappa shape index (κ3) is 2.78. The Hall–Kier alpha value is -0.670. The van der Waals surface area contributed by atoms with Gasteiger partial charge in [0.25, 0.3) is 0 Å². The summed E-state index contributed by atoms with van der Waals surface area (Å²) in [5, 5.41) is 0.208. The average molecular weight is 251 g/mol. The fourth-order valence-corrected chi connectivity index (χ4v) is 4.01. The van der Waals surface area contributed by atoms with Gasteiger partial charge in [0.1, 0.15) is 0 Å². The molecule has 0 saturated heterocycles. The Morgan fingerprint density at radius 1 is 1.35 bits per heavy atom. The molecule has 1 aromatic carbocycles. The van der Waals surface area contributed by atoms with Crippen molar-refractivity contribution in [1.82, 2.24) is 0 Å². The number of hydrogen-bond acceptors (Lipinski definition) is 2. The van der Waals surface area contributed by atoms with E-state index < -0.39 is 10.8 Å². The lowest BCUT2D eigenvalue weighted by molar-refractivity contribution is 0.650. The normalized spacial score (nSPS) is 17.8. The number of nitrogens with two attached hydrogens (primary N) is 1. The quantitative estimate of drug-likeness (QED) is 0.873. The predicted molar refractivity (Wildman–Crippen MR) is 72.6 cm³/mol. The maximum atomic E-state index is 12.4. The summed E-state index contributed by atoms with van der Waals surface area (Å²) in [6.07, 6.45) is 5.35. The van der Waals surface area contributed by atoms with E-state index in [1.165, 1.54) is 24.0 Å². The first kappa shape index (κ1) is 12.8. The van der Waals surface area contributed by atoms with Gasteiger partial charge in [-0.3, -0.25) is 4.21 Å². The number of hydrogen-bond donors (Lipinski definition) is 1. The molecule has 0 bridgehead atoms. The minimum Gasteiger partial charge on any atom is -0.330 e. The van der Waals surface area contributed by atoms with Gasteiger partial charge in [0.2, 0.25) is 0 Å². The molecule has 0 aliphatic heterocycles. The Balaban J connectivity index is 2.19.